The zero-order chi connectivity index (χ0) is 6.85. The monoisotopic (exact) mass is 127 g/mol. The number of aromatic nitrogens is 2. The van der Waals surface area contributed by atoms with Crippen LogP contribution in [0.3, 0.4) is 0 Å². The summed E-state index contributed by atoms with van der Waals surface area (Å²) in [6.07, 6.45) is 1.20. The van der Waals surface area contributed by atoms with E-state index in [4.69, 9.17) is 5.73 Å². The molecule has 1 aromatic heterocycles. The molecule has 0 atom stereocenters. The second-order valence-corrected chi connectivity index (χ2v) is 1.53. The third-order valence-corrected chi connectivity index (χ3v) is 0.789. The summed E-state index contributed by atoms with van der Waals surface area (Å²) in [5, 5.41) is 3.22. The standard InChI is InChI=1S/C4H5N3O2/c1-3(8)7-2-4(5)9-6-7/h2H,1H3,(H-,5,6). The molecule has 1 rings (SSSR count). The Morgan fingerprint density at radius 1 is 2.00 bits per heavy atom. The average molecular weight is 127 g/mol. The molecule has 1 aromatic rings. The summed E-state index contributed by atoms with van der Waals surface area (Å²) in [7, 11) is 0. The average Bonchev–Trinajstić information content (AvgIpc) is 2.14. The van der Waals surface area contributed by atoms with Crippen molar-refractivity contribution in [3.8, 4) is 0 Å². The minimum absolute atomic E-state index is 0.120. The minimum Gasteiger partial charge on any atom is -0.660 e. The number of nitrogens with one attached hydrogen (secondary N) is 1. The van der Waals surface area contributed by atoms with E-state index in [1.165, 1.54) is 13.1 Å². The molecule has 0 saturated carbocycles. The Balaban J connectivity index is 2.98. The molecular formula is C4H5N3O2. The first kappa shape index (κ1) is 5.74. The lowest BCUT2D eigenvalue weighted by molar-refractivity contribution is -0.647. The summed E-state index contributed by atoms with van der Waals surface area (Å²) < 4.78 is 5.25. The highest BCUT2D eigenvalue weighted by Gasteiger charge is 2.10. The molecule has 0 aliphatic rings. The van der Waals surface area contributed by atoms with Gasteiger partial charge in [-0.3, -0.25) is 0 Å². The van der Waals surface area contributed by atoms with Crippen LogP contribution in [0, 0.1) is 0 Å². The van der Waals surface area contributed by atoms with Crippen molar-refractivity contribution in [3.05, 3.63) is 11.9 Å². The Kier molecular flexibility index (Phi) is 1.18. The van der Waals surface area contributed by atoms with Crippen LogP contribution in [0.5, 0.6) is 0 Å². The molecule has 0 aromatic carbocycles. The third kappa shape index (κ3) is 1.04. The summed E-state index contributed by atoms with van der Waals surface area (Å²) >= 11 is 0. The van der Waals surface area contributed by atoms with Crippen molar-refractivity contribution >= 4 is 11.8 Å². The van der Waals surface area contributed by atoms with E-state index in [2.05, 4.69) is 9.79 Å². The van der Waals surface area contributed by atoms with Gasteiger partial charge in [0.05, 0.1) is 6.92 Å². The molecule has 48 valence electrons. The lowest BCUT2D eigenvalue weighted by Gasteiger charge is -1.76. The van der Waals surface area contributed by atoms with Gasteiger partial charge in [0.25, 0.3) is 0 Å². The molecule has 1 N–H and O–H groups in total. The SMILES string of the molecule is CC(=O)[n+]1cc([NH-])on1. The number of carbonyl (C=O) groups is 1. The summed E-state index contributed by atoms with van der Waals surface area (Å²) in [5.41, 5.74) is 6.81. The predicted molar refractivity (Wildman–Crippen MR) is 27.0 cm³/mol. The summed E-state index contributed by atoms with van der Waals surface area (Å²) in [6, 6.07) is 0. The molecule has 1 heterocycles. The summed E-state index contributed by atoms with van der Waals surface area (Å²) in [5.74, 6) is -0.387. The third-order valence-electron chi connectivity index (χ3n) is 0.789. The first-order valence-corrected chi connectivity index (χ1v) is 2.31. The fourth-order valence-electron chi connectivity index (χ4n) is 0.395. The van der Waals surface area contributed by atoms with Crippen molar-refractivity contribution in [2.24, 2.45) is 0 Å². The van der Waals surface area contributed by atoms with Gasteiger partial charge >= 0.3 is 5.91 Å². The molecule has 0 unspecified atom stereocenters. The normalized spacial score (nSPS) is 9.44. The first-order valence-electron chi connectivity index (χ1n) is 2.31. The van der Waals surface area contributed by atoms with Crippen LogP contribution < -0.4 is 4.68 Å². The zero-order valence-electron chi connectivity index (χ0n) is 4.79. The predicted octanol–water partition coefficient (Wildman–Crippen LogP) is 0.306. The van der Waals surface area contributed by atoms with E-state index in [0.29, 0.717) is 0 Å². The van der Waals surface area contributed by atoms with Gasteiger partial charge in [0.1, 0.15) is 5.88 Å². The summed E-state index contributed by atoms with van der Waals surface area (Å²) in [6.45, 7) is 1.34. The van der Waals surface area contributed by atoms with Gasteiger partial charge in [-0.15, -0.1) is 0 Å². The molecule has 0 radical (unpaired) electrons. The second kappa shape index (κ2) is 1.85. The number of rotatable bonds is 0. The maximum Gasteiger partial charge on any atom is 0.416 e. The Morgan fingerprint density at radius 2 is 2.67 bits per heavy atom. The summed E-state index contributed by atoms with van der Waals surface area (Å²) in [4.78, 5) is 10.4. The Bertz CT molecular complexity index is 229. The van der Waals surface area contributed by atoms with Crippen molar-refractivity contribution in [1.82, 2.24) is 5.27 Å². The van der Waals surface area contributed by atoms with Gasteiger partial charge in [-0.25, -0.2) is 4.79 Å². The van der Waals surface area contributed by atoms with Gasteiger partial charge in [0.15, 0.2) is 0 Å². The van der Waals surface area contributed by atoms with Gasteiger partial charge in [0.2, 0.25) is 11.5 Å². The van der Waals surface area contributed by atoms with Crippen LogP contribution in [-0.2, 0) is 0 Å². The molecule has 0 amide bonds. The van der Waals surface area contributed by atoms with E-state index < -0.39 is 0 Å². The lowest BCUT2D eigenvalue weighted by atomic mass is 10.7. The van der Waals surface area contributed by atoms with Crippen LogP contribution in [0.2, 0.25) is 0 Å². The van der Waals surface area contributed by atoms with Crippen molar-refractivity contribution < 1.29 is 14.0 Å². The topological polar surface area (TPSA) is 70.8 Å². The van der Waals surface area contributed by atoms with Crippen molar-refractivity contribution in [1.29, 1.82) is 0 Å². The molecule has 5 heteroatoms. The number of carbonyl (C=O) groups excluding carboxylic acids is 1. The lowest BCUT2D eigenvalue weighted by Crippen LogP contribution is -2.41. The number of hydrogen-bond acceptors (Lipinski definition) is 3. The molecular weight excluding hydrogens is 122 g/mol. The Labute approximate surface area is 51.0 Å². The van der Waals surface area contributed by atoms with E-state index >= 15 is 0 Å². The Morgan fingerprint density at radius 3 is 2.89 bits per heavy atom. The van der Waals surface area contributed by atoms with E-state index in [1.54, 1.807) is 0 Å². The smallest absolute Gasteiger partial charge is 0.416 e. The zero-order valence-corrected chi connectivity index (χ0v) is 4.79. The Hall–Kier alpha value is -1.39. The molecule has 0 aliphatic carbocycles. The molecule has 0 fully saturated rings. The molecule has 5 nitrogen and oxygen atoms in total. The van der Waals surface area contributed by atoms with Crippen molar-refractivity contribution in [3.63, 3.8) is 0 Å². The second-order valence-electron chi connectivity index (χ2n) is 1.53. The van der Waals surface area contributed by atoms with Crippen LogP contribution in [0.4, 0.5) is 5.88 Å². The van der Waals surface area contributed by atoms with Gasteiger partial charge < -0.3 is 10.3 Å². The first-order chi connectivity index (χ1) is 4.20. The van der Waals surface area contributed by atoms with Crippen LogP contribution in [0.25, 0.3) is 5.73 Å². The van der Waals surface area contributed by atoms with E-state index in [1.807, 2.05) is 0 Å². The maximum absolute atomic E-state index is 10.4. The van der Waals surface area contributed by atoms with Gasteiger partial charge in [-0.1, -0.05) is 0 Å². The molecule has 9 heavy (non-hydrogen) atoms. The van der Waals surface area contributed by atoms with Gasteiger partial charge in [-0.2, -0.15) is 0 Å². The molecule has 0 spiro atoms. The van der Waals surface area contributed by atoms with Crippen molar-refractivity contribution in [2.45, 2.75) is 6.92 Å². The number of nitrogens with zero attached hydrogens (tertiary/aromatic N) is 2. The van der Waals surface area contributed by atoms with Crippen LogP contribution in [-0.4, -0.2) is 11.2 Å². The largest absolute Gasteiger partial charge is 0.660 e. The van der Waals surface area contributed by atoms with Crippen LogP contribution in [0.1, 0.15) is 11.7 Å². The highest BCUT2D eigenvalue weighted by molar-refractivity contribution is 5.62. The number of hydrogen-bond donors (Lipinski definition) is 0. The van der Waals surface area contributed by atoms with Gasteiger partial charge in [0, 0.05) is 4.68 Å². The van der Waals surface area contributed by atoms with Gasteiger partial charge in [-0.05, 0) is 0 Å². The fourth-order valence-corrected chi connectivity index (χ4v) is 0.395. The molecule has 0 aliphatic heterocycles. The van der Waals surface area contributed by atoms with Crippen LogP contribution >= 0.6 is 0 Å². The van der Waals surface area contributed by atoms with E-state index in [0.717, 1.165) is 4.68 Å². The van der Waals surface area contributed by atoms with Crippen molar-refractivity contribution in [2.75, 3.05) is 0 Å². The fraction of sp³-hybridized carbons (Fsp3) is 0.250. The van der Waals surface area contributed by atoms with E-state index in [9.17, 15) is 4.79 Å². The maximum atomic E-state index is 10.4. The van der Waals surface area contributed by atoms with Crippen LogP contribution in [0.15, 0.2) is 10.7 Å². The highest BCUT2D eigenvalue weighted by Crippen LogP contribution is 2.00. The minimum atomic E-state index is -0.266. The van der Waals surface area contributed by atoms with E-state index in [-0.39, 0.29) is 11.8 Å². The molecule has 0 saturated heterocycles. The molecule has 0 bridgehead atoms. The quantitative estimate of drug-likeness (QED) is 0.470. The highest BCUT2D eigenvalue weighted by atomic mass is 16.5.